The first-order valence-corrected chi connectivity index (χ1v) is 18.6. The number of Topliss-reactive ketones (excluding diaryl/α,β-unsaturated/α-hetero) is 1. The molecule has 1 aromatic carbocycles. The lowest BCUT2D eigenvalue weighted by molar-refractivity contribution is -0.151. The zero-order valence-corrected chi connectivity index (χ0v) is 31.4. The van der Waals surface area contributed by atoms with Crippen LogP contribution in [0.1, 0.15) is 108 Å². The highest BCUT2D eigenvalue weighted by Gasteiger charge is 2.45. The number of nitrogens with one attached hydrogen (secondary N) is 3. The van der Waals surface area contributed by atoms with Gasteiger partial charge in [-0.25, -0.2) is 4.98 Å². The minimum absolute atomic E-state index is 0.0890. The van der Waals surface area contributed by atoms with Gasteiger partial charge >= 0.3 is 0 Å². The van der Waals surface area contributed by atoms with Gasteiger partial charge in [0.15, 0.2) is 0 Å². The molecule has 0 radical (unpaired) electrons. The number of aryl methyl sites for hydroxylation is 1. The van der Waals surface area contributed by atoms with Crippen LogP contribution in [-0.2, 0) is 30.5 Å². The van der Waals surface area contributed by atoms with E-state index in [4.69, 9.17) is 0 Å². The normalized spacial score (nSPS) is 18.1. The molecule has 2 heterocycles. The highest BCUT2D eigenvalue weighted by Crippen LogP contribution is 2.30. The van der Waals surface area contributed by atoms with E-state index in [1.807, 2.05) is 52.0 Å². The number of benzene rings is 1. The molecule has 4 rings (SSSR count). The molecule has 0 spiro atoms. The van der Waals surface area contributed by atoms with Crippen LogP contribution in [-0.4, -0.2) is 92.3 Å². The number of rotatable bonds is 14. The molecule has 282 valence electrons. The average Bonchev–Trinajstić information content (AvgIpc) is 3.64. The number of amides is 5. The van der Waals surface area contributed by atoms with Crippen LogP contribution in [0.5, 0.6) is 0 Å². The summed E-state index contributed by atoms with van der Waals surface area (Å²) in [6.45, 7) is 11.6. The molecule has 3 N–H and O–H groups in total. The van der Waals surface area contributed by atoms with E-state index in [1.54, 1.807) is 13.8 Å². The summed E-state index contributed by atoms with van der Waals surface area (Å²) in [5.74, 6) is -3.41. The summed E-state index contributed by atoms with van der Waals surface area (Å²) >= 11 is 0. The fraction of sp³-hybridized carbons (Fsp3) is 0.590. The summed E-state index contributed by atoms with van der Waals surface area (Å²) in [4.78, 5) is 93.3. The second-order valence-corrected chi connectivity index (χ2v) is 15.0. The van der Waals surface area contributed by atoms with Crippen molar-refractivity contribution >= 4 is 35.3 Å². The molecule has 2 aliphatic rings. The van der Waals surface area contributed by atoms with Crippen molar-refractivity contribution in [1.82, 2.24) is 35.7 Å². The molecule has 2 fully saturated rings. The maximum Gasteiger partial charge on any atom is 0.289 e. The third kappa shape index (κ3) is 10.0. The van der Waals surface area contributed by atoms with Gasteiger partial charge in [0.1, 0.15) is 23.8 Å². The number of aromatic nitrogens is 2. The monoisotopic (exact) mass is 717 g/mol. The Bertz CT molecular complexity index is 1570. The number of likely N-dealkylation sites (N-methyl/N-ethyl adjacent to an activating group) is 1. The molecule has 1 saturated carbocycles. The van der Waals surface area contributed by atoms with Crippen LogP contribution in [0.25, 0.3) is 0 Å². The van der Waals surface area contributed by atoms with Gasteiger partial charge in [-0.1, -0.05) is 76.8 Å². The molecule has 2 aromatic rings. The van der Waals surface area contributed by atoms with Crippen molar-refractivity contribution in [3.8, 4) is 0 Å². The van der Waals surface area contributed by atoms with E-state index in [1.165, 1.54) is 28.4 Å². The molecule has 1 aliphatic heterocycles. The molecule has 1 saturated heterocycles. The van der Waals surface area contributed by atoms with Crippen molar-refractivity contribution in [2.24, 2.45) is 11.3 Å². The van der Waals surface area contributed by atoms with Crippen LogP contribution in [0.2, 0.25) is 0 Å². The van der Waals surface area contributed by atoms with Crippen molar-refractivity contribution in [3.05, 3.63) is 59.7 Å². The zero-order valence-electron chi connectivity index (χ0n) is 31.4. The number of likely N-dealkylation sites (tertiary alicyclic amines) is 1. The van der Waals surface area contributed by atoms with E-state index in [0.717, 1.165) is 43.2 Å². The number of carbonyl (C=O) groups excluding carboxylic acids is 6. The minimum atomic E-state index is -1.01. The fourth-order valence-corrected chi connectivity index (χ4v) is 7.23. The molecule has 52 heavy (non-hydrogen) atoms. The van der Waals surface area contributed by atoms with E-state index >= 15 is 0 Å². The Labute approximate surface area is 307 Å². The van der Waals surface area contributed by atoms with Gasteiger partial charge in [0, 0.05) is 32.0 Å². The van der Waals surface area contributed by atoms with E-state index in [0.29, 0.717) is 19.4 Å². The lowest BCUT2D eigenvalue weighted by Crippen LogP contribution is -2.62. The minimum Gasteiger partial charge on any atom is -0.345 e. The zero-order chi connectivity index (χ0) is 38.0. The predicted octanol–water partition coefficient (Wildman–Crippen LogP) is 3.50. The molecule has 4 atom stereocenters. The molecular weight excluding hydrogens is 662 g/mol. The quantitative estimate of drug-likeness (QED) is 0.250. The Balaban J connectivity index is 1.50. The van der Waals surface area contributed by atoms with E-state index in [2.05, 4.69) is 25.9 Å². The van der Waals surface area contributed by atoms with Crippen molar-refractivity contribution in [2.75, 3.05) is 13.1 Å². The lowest BCUT2D eigenvalue weighted by atomic mass is 9.82. The summed E-state index contributed by atoms with van der Waals surface area (Å²) in [5.41, 5.74) is 1.26. The Morgan fingerprint density at radius 2 is 1.62 bits per heavy atom. The molecule has 5 amide bonds. The number of carbonyl (C=O) groups is 6. The van der Waals surface area contributed by atoms with Crippen molar-refractivity contribution in [1.29, 1.82) is 0 Å². The summed E-state index contributed by atoms with van der Waals surface area (Å²) in [6.07, 6.45) is 9.79. The van der Waals surface area contributed by atoms with Crippen LogP contribution in [0.4, 0.5) is 0 Å². The van der Waals surface area contributed by atoms with Crippen molar-refractivity contribution in [3.63, 3.8) is 0 Å². The number of nitrogens with zero attached hydrogens (tertiary/aromatic N) is 4. The smallest absolute Gasteiger partial charge is 0.289 e. The molecule has 2 unspecified atom stereocenters. The van der Waals surface area contributed by atoms with Crippen LogP contribution in [0.15, 0.2) is 42.9 Å². The van der Waals surface area contributed by atoms with E-state index in [9.17, 15) is 28.8 Å². The highest BCUT2D eigenvalue weighted by atomic mass is 16.2. The number of hydrogen-bond donors (Lipinski definition) is 3. The first-order chi connectivity index (χ1) is 24.8. The van der Waals surface area contributed by atoms with Crippen LogP contribution in [0, 0.1) is 18.3 Å². The molecule has 0 bridgehead atoms. The third-order valence-electron chi connectivity index (χ3n) is 10.2. The van der Waals surface area contributed by atoms with Gasteiger partial charge < -0.3 is 25.8 Å². The Kier molecular flexibility index (Phi) is 14.0. The molecule has 13 heteroatoms. The van der Waals surface area contributed by atoms with Gasteiger partial charge in [-0.3, -0.25) is 33.8 Å². The maximum absolute atomic E-state index is 14.4. The standard InChI is InChI=1S/C39H55N7O6/c1-7-29(32(47)36(50)42-23-26-18-16-25(3)17-19-26)45(8-2)37(51)30-15-12-22-46(30)38(52)33(39(4,5)6)44-35(49)31(27-13-10-9-11-14-27)43-34(48)28-24-40-20-21-41-28/h16-21,24,27,29-31,33H,7-15,22-23H2,1-6H3,(H,42,50)(H,43,48)(H,44,49)/t29-,30?,31-,33?/m0/s1. The van der Waals surface area contributed by atoms with Crippen LogP contribution >= 0.6 is 0 Å². The topological polar surface area (TPSA) is 171 Å². The molecular formula is C39H55N7O6. The van der Waals surface area contributed by atoms with Gasteiger partial charge in [-0.15, -0.1) is 0 Å². The Hall–Kier alpha value is -4.68. The lowest BCUT2D eigenvalue weighted by Gasteiger charge is -2.39. The first-order valence-electron chi connectivity index (χ1n) is 18.6. The fourth-order valence-electron chi connectivity index (χ4n) is 7.23. The highest BCUT2D eigenvalue weighted by molar-refractivity contribution is 6.38. The predicted molar refractivity (Wildman–Crippen MR) is 195 cm³/mol. The maximum atomic E-state index is 14.4. The summed E-state index contributed by atoms with van der Waals surface area (Å²) in [7, 11) is 0. The molecule has 1 aromatic heterocycles. The Morgan fingerprint density at radius 1 is 0.923 bits per heavy atom. The second kappa shape index (κ2) is 18.2. The van der Waals surface area contributed by atoms with Gasteiger partial charge in [0.2, 0.25) is 23.5 Å². The third-order valence-corrected chi connectivity index (χ3v) is 10.2. The first kappa shape index (κ1) is 40.1. The van der Waals surface area contributed by atoms with Gasteiger partial charge in [0.25, 0.3) is 11.8 Å². The van der Waals surface area contributed by atoms with Crippen molar-refractivity contribution < 1.29 is 28.8 Å². The van der Waals surface area contributed by atoms with Gasteiger partial charge in [-0.2, -0.15) is 0 Å². The van der Waals surface area contributed by atoms with Gasteiger partial charge in [0.05, 0.1) is 12.2 Å². The van der Waals surface area contributed by atoms with Crippen molar-refractivity contribution in [2.45, 2.75) is 124 Å². The number of ketones is 1. The van der Waals surface area contributed by atoms with Crippen LogP contribution in [0.3, 0.4) is 0 Å². The molecule has 1 aliphatic carbocycles. The largest absolute Gasteiger partial charge is 0.345 e. The van der Waals surface area contributed by atoms with Gasteiger partial charge in [-0.05, 0) is 62.8 Å². The second-order valence-electron chi connectivity index (χ2n) is 15.0. The summed E-state index contributed by atoms with van der Waals surface area (Å²) < 4.78 is 0. The van der Waals surface area contributed by atoms with Crippen LogP contribution < -0.4 is 16.0 Å². The molecule has 13 nitrogen and oxygen atoms in total. The van der Waals surface area contributed by atoms with E-state index in [-0.39, 0.29) is 31.1 Å². The van der Waals surface area contributed by atoms with E-state index < -0.39 is 64.9 Å². The summed E-state index contributed by atoms with van der Waals surface area (Å²) in [5, 5.41) is 8.53. The summed E-state index contributed by atoms with van der Waals surface area (Å²) in [6, 6.07) is 3.84. The Morgan fingerprint density at radius 3 is 2.21 bits per heavy atom. The SMILES string of the molecule is CC[C@@H](C(=O)C(=O)NCc1ccc(C)cc1)N(CC)C(=O)C1CCCN1C(=O)C(NC(=O)[C@@H](NC(=O)c1cnccn1)C1CCCCC1)C(C)(C)C. The average molecular weight is 718 g/mol. The number of hydrogen-bond acceptors (Lipinski definition) is 8.